The Morgan fingerprint density at radius 3 is 2.75 bits per heavy atom. The summed E-state index contributed by atoms with van der Waals surface area (Å²) in [5, 5.41) is 15.3. The summed E-state index contributed by atoms with van der Waals surface area (Å²) in [4.78, 5) is 26.2. The fraction of sp³-hybridized carbons (Fsp3) is 0.333. The third-order valence-corrected chi connectivity index (χ3v) is 5.89. The van der Waals surface area contributed by atoms with Gasteiger partial charge in [0.2, 0.25) is 0 Å². The Kier molecular flexibility index (Phi) is 5.76. The van der Waals surface area contributed by atoms with Gasteiger partial charge in [-0.25, -0.2) is 9.18 Å². The van der Waals surface area contributed by atoms with Gasteiger partial charge >= 0.3 is 12.2 Å². The molecular formula is C21H18ClF4N3O3. The maximum atomic E-state index is 13.8. The van der Waals surface area contributed by atoms with Gasteiger partial charge in [0.15, 0.2) is 0 Å². The van der Waals surface area contributed by atoms with Gasteiger partial charge in [0.05, 0.1) is 18.6 Å². The summed E-state index contributed by atoms with van der Waals surface area (Å²) < 4.78 is 52.5. The predicted molar refractivity (Wildman–Crippen MR) is 108 cm³/mol. The van der Waals surface area contributed by atoms with Crippen molar-refractivity contribution in [3.05, 3.63) is 63.9 Å². The standard InChI is InChI=1S/C21H18ClF4N3O3/c22-15-5-4-10(23)6-14(15)18-17-13(19(31)28-18)2-1-3-16(17)27-20(32)29-9-12(30)7-11(29)8-21(24,25)26/h1-6,11-12,18,30H,7-9H2,(H,27,32)(H,28,31)/t11-,12-,18+/m1/s1. The van der Waals surface area contributed by atoms with Crippen LogP contribution in [0, 0.1) is 5.82 Å². The first-order chi connectivity index (χ1) is 15.0. The molecule has 0 radical (unpaired) electrons. The van der Waals surface area contributed by atoms with Crippen molar-refractivity contribution < 1.29 is 32.3 Å². The molecule has 0 spiro atoms. The quantitative estimate of drug-likeness (QED) is 0.586. The molecule has 1 fully saturated rings. The number of nitrogens with zero attached hydrogens (tertiary/aromatic N) is 1. The number of carbonyl (C=O) groups excluding carboxylic acids is 2. The number of β-amino-alcohol motifs (C(OH)–C–C–N with tert-alkyl or cyclic N) is 1. The minimum atomic E-state index is -4.50. The zero-order valence-electron chi connectivity index (χ0n) is 16.4. The van der Waals surface area contributed by atoms with Gasteiger partial charge in [-0.2, -0.15) is 13.2 Å². The number of likely N-dealkylation sites (tertiary alicyclic amines) is 1. The number of aliphatic hydroxyl groups excluding tert-OH is 1. The molecule has 11 heteroatoms. The van der Waals surface area contributed by atoms with Crippen molar-refractivity contribution in [1.82, 2.24) is 10.2 Å². The van der Waals surface area contributed by atoms with Crippen LogP contribution in [0.25, 0.3) is 0 Å². The summed E-state index contributed by atoms with van der Waals surface area (Å²) >= 11 is 6.20. The second-order valence-electron chi connectivity index (χ2n) is 7.78. The molecule has 0 aromatic heterocycles. The van der Waals surface area contributed by atoms with Crippen LogP contribution >= 0.6 is 11.6 Å². The first kappa shape index (κ1) is 22.3. The number of hydrogen-bond donors (Lipinski definition) is 3. The lowest BCUT2D eigenvalue weighted by molar-refractivity contribution is -0.143. The number of rotatable bonds is 3. The average molecular weight is 472 g/mol. The van der Waals surface area contributed by atoms with Gasteiger partial charge in [-0.05, 0) is 36.8 Å². The van der Waals surface area contributed by atoms with E-state index in [1.165, 1.54) is 24.3 Å². The van der Waals surface area contributed by atoms with Crippen LogP contribution in [0.3, 0.4) is 0 Å². The fourth-order valence-corrected chi connectivity index (χ4v) is 4.45. The van der Waals surface area contributed by atoms with Crippen LogP contribution in [-0.2, 0) is 0 Å². The molecule has 32 heavy (non-hydrogen) atoms. The highest BCUT2D eigenvalue weighted by Crippen LogP contribution is 2.39. The number of aliphatic hydroxyl groups is 1. The number of carbonyl (C=O) groups is 2. The number of anilines is 1. The number of hydrogen-bond acceptors (Lipinski definition) is 3. The molecule has 2 aliphatic heterocycles. The van der Waals surface area contributed by atoms with E-state index in [0.717, 1.165) is 17.0 Å². The Labute approximate surface area is 185 Å². The SMILES string of the molecule is O=C1N[C@@H](c2cc(F)ccc2Cl)c2c(NC(=O)N3C[C@H](O)C[C@@H]3CC(F)(F)F)cccc21. The van der Waals surface area contributed by atoms with Crippen molar-refractivity contribution >= 4 is 29.2 Å². The number of halogens is 5. The molecule has 6 nitrogen and oxygen atoms in total. The lowest BCUT2D eigenvalue weighted by Crippen LogP contribution is -2.41. The molecule has 2 aromatic carbocycles. The normalized spacial score (nSPS) is 22.6. The van der Waals surface area contributed by atoms with E-state index in [0.29, 0.717) is 5.56 Å². The summed E-state index contributed by atoms with van der Waals surface area (Å²) in [6, 6.07) is 5.26. The largest absolute Gasteiger partial charge is 0.391 e. The maximum Gasteiger partial charge on any atom is 0.391 e. The molecule has 2 aliphatic rings. The summed E-state index contributed by atoms with van der Waals surface area (Å²) in [7, 11) is 0. The highest BCUT2D eigenvalue weighted by Gasteiger charge is 2.42. The molecule has 0 aliphatic carbocycles. The summed E-state index contributed by atoms with van der Waals surface area (Å²) in [5.41, 5.74) is 0.988. The minimum Gasteiger partial charge on any atom is -0.391 e. The second-order valence-corrected chi connectivity index (χ2v) is 8.19. The number of urea groups is 1. The van der Waals surface area contributed by atoms with Gasteiger partial charge in [-0.3, -0.25) is 4.79 Å². The molecule has 0 unspecified atom stereocenters. The van der Waals surface area contributed by atoms with Gasteiger partial charge in [0.1, 0.15) is 5.82 Å². The Bertz CT molecular complexity index is 1080. The molecule has 4 rings (SSSR count). The van der Waals surface area contributed by atoms with Crippen molar-refractivity contribution in [3.8, 4) is 0 Å². The monoisotopic (exact) mass is 471 g/mol. The molecule has 0 bridgehead atoms. The number of nitrogens with one attached hydrogen (secondary N) is 2. The van der Waals surface area contributed by atoms with Crippen LogP contribution in [0.15, 0.2) is 36.4 Å². The number of benzene rings is 2. The molecular weight excluding hydrogens is 454 g/mol. The lowest BCUT2D eigenvalue weighted by atomic mass is 9.96. The van der Waals surface area contributed by atoms with E-state index in [4.69, 9.17) is 11.6 Å². The van der Waals surface area contributed by atoms with E-state index >= 15 is 0 Å². The molecule has 1 saturated heterocycles. The van der Waals surface area contributed by atoms with E-state index in [9.17, 15) is 32.3 Å². The van der Waals surface area contributed by atoms with Crippen LogP contribution in [0.4, 0.5) is 28.0 Å². The number of alkyl halides is 3. The van der Waals surface area contributed by atoms with Crippen LogP contribution in [0.1, 0.15) is 40.4 Å². The Morgan fingerprint density at radius 2 is 2.03 bits per heavy atom. The molecule has 170 valence electrons. The zero-order valence-corrected chi connectivity index (χ0v) is 17.2. The number of fused-ring (bicyclic) bond motifs is 1. The molecule has 3 amide bonds. The van der Waals surface area contributed by atoms with E-state index in [2.05, 4.69) is 10.6 Å². The Hall–Kier alpha value is -2.85. The van der Waals surface area contributed by atoms with E-state index in [-0.39, 0.29) is 34.8 Å². The van der Waals surface area contributed by atoms with Gasteiger partial charge in [0, 0.05) is 40.0 Å². The highest BCUT2D eigenvalue weighted by molar-refractivity contribution is 6.31. The van der Waals surface area contributed by atoms with Gasteiger partial charge in [-0.1, -0.05) is 17.7 Å². The van der Waals surface area contributed by atoms with Gasteiger partial charge in [-0.15, -0.1) is 0 Å². The van der Waals surface area contributed by atoms with Crippen molar-refractivity contribution in [2.45, 2.75) is 37.2 Å². The third kappa shape index (κ3) is 4.37. The topological polar surface area (TPSA) is 81.7 Å². The van der Waals surface area contributed by atoms with Crippen LogP contribution in [0.5, 0.6) is 0 Å². The van der Waals surface area contributed by atoms with Crippen molar-refractivity contribution in [2.24, 2.45) is 0 Å². The lowest BCUT2D eigenvalue weighted by Gasteiger charge is -2.26. The van der Waals surface area contributed by atoms with Crippen LogP contribution in [-0.4, -0.2) is 46.8 Å². The van der Waals surface area contributed by atoms with E-state index in [1.54, 1.807) is 0 Å². The van der Waals surface area contributed by atoms with Gasteiger partial charge < -0.3 is 20.6 Å². The first-order valence-corrected chi connectivity index (χ1v) is 10.1. The number of amides is 3. The van der Waals surface area contributed by atoms with Crippen LogP contribution < -0.4 is 10.6 Å². The van der Waals surface area contributed by atoms with E-state index in [1.807, 2.05) is 0 Å². The highest BCUT2D eigenvalue weighted by atomic mass is 35.5. The average Bonchev–Trinajstić information content (AvgIpc) is 3.23. The van der Waals surface area contributed by atoms with Gasteiger partial charge in [0.25, 0.3) is 5.91 Å². The smallest absolute Gasteiger partial charge is 0.391 e. The van der Waals surface area contributed by atoms with Crippen molar-refractivity contribution in [1.29, 1.82) is 0 Å². The third-order valence-electron chi connectivity index (χ3n) is 5.55. The van der Waals surface area contributed by atoms with Crippen LogP contribution in [0.2, 0.25) is 5.02 Å². The summed E-state index contributed by atoms with van der Waals surface area (Å²) in [5.74, 6) is -1.04. The zero-order chi connectivity index (χ0) is 23.2. The predicted octanol–water partition coefficient (Wildman–Crippen LogP) is 4.23. The summed E-state index contributed by atoms with van der Waals surface area (Å²) in [6.07, 6.45) is -7.01. The Balaban J connectivity index is 1.66. The molecule has 3 atom stereocenters. The minimum absolute atomic E-state index is 0.170. The van der Waals surface area contributed by atoms with Crippen molar-refractivity contribution in [3.63, 3.8) is 0 Å². The fourth-order valence-electron chi connectivity index (χ4n) is 4.22. The maximum absolute atomic E-state index is 13.8. The van der Waals surface area contributed by atoms with Crippen molar-refractivity contribution in [2.75, 3.05) is 11.9 Å². The first-order valence-electron chi connectivity index (χ1n) is 9.74. The molecule has 0 saturated carbocycles. The molecule has 2 aromatic rings. The second kappa shape index (κ2) is 8.25. The Morgan fingerprint density at radius 1 is 1.28 bits per heavy atom. The molecule has 2 heterocycles. The van der Waals surface area contributed by atoms with E-state index < -0.39 is 48.5 Å². The summed E-state index contributed by atoms with van der Waals surface area (Å²) in [6.45, 7) is -0.252. The molecule has 3 N–H and O–H groups in total.